The van der Waals surface area contributed by atoms with Crippen LogP contribution in [0.15, 0.2) is 36.4 Å². The highest BCUT2D eigenvalue weighted by Crippen LogP contribution is 2.61. The molecule has 10 heteroatoms. The molecule has 168 valence electrons. The van der Waals surface area contributed by atoms with Gasteiger partial charge in [0.25, 0.3) is 5.69 Å². The third-order valence-electron chi connectivity index (χ3n) is 7.53. The molecule has 0 bridgehead atoms. The van der Waals surface area contributed by atoms with E-state index in [-0.39, 0.29) is 28.3 Å². The molecule has 0 unspecified atom stereocenters. The lowest BCUT2D eigenvalue weighted by molar-refractivity contribution is -0.384. The number of hydrogen-bond acceptors (Lipinski definition) is 6. The summed E-state index contributed by atoms with van der Waals surface area (Å²) in [5, 5.41) is 14.0. The number of carbonyl (C=O) groups is 3. The lowest BCUT2D eigenvalue weighted by Crippen LogP contribution is -2.54. The van der Waals surface area contributed by atoms with Crippen molar-refractivity contribution < 1.29 is 19.3 Å². The zero-order valence-electron chi connectivity index (χ0n) is 17.6. The van der Waals surface area contributed by atoms with Gasteiger partial charge in [0.05, 0.1) is 27.5 Å². The summed E-state index contributed by atoms with van der Waals surface area (Å²) in [6.45, 7) is 2.55. The van der Waals surface area contributed by atoms with Crippen LogP contribution in [0.3, 0.4) is 0 Å². The van der Waals surface area contributed by atoms with Gasteiger partial charge in [0.1, 0.15) is 5.54 Å². The molecule has 6 rings (SSSR count). The van der Waals surface area contributed by atoms with Crippen LogP contribution in [0.1, 0.15) is 24.0 Å². The fourth-order valence-corrected chi connectivity index (χ4v) is 6.60. The Morgan fingerprint density at radius 3 is 2.67 bits per heavy atom. The summed E-state index contributed by atoms with van der Waals surface area (Å²) in [6.07, 6.45) is 1.53. The summed E-state index contributed by atoms with van der Waals surface area (Å²) in [4.78, 5) is 54.8. The van der Waals surface area contributed by atoms with Crippen LogP contribution < -0.4 is 10.2 Å². The maximum absolute atomic E-state index is 13.9. The molecule has 0 saturated carbocycles. The largest absolute Gasteiger partial charge is 0.324 e. The van der Waals surface area contributed by atoms with Crippen molar-refractivity contribution >= 4 is 46.4 Å². The number of rotatable bonds is 2. The standard InChI is InChI=1S/C23H19ClN4O5/c1-11-4-6-15-13(9-11)23(22(31)25-15)19-18(17-3-2-8-26(17)23)20(29)27(21(19)30)16-7-5-12(28(32)33)10-14(16)24/h4-7,9-10,17-19H,2-3,8H2,1H3,(H,25,31)/t17-,18+,19-,23+/m0/s1. The van der Waals surface area contributed by atoms with E-state index in [0.717, 1.165) is 28.5 Å². The second-order valence-electron chi connectivity index (χ2n) is 9.08. The number of non-ortho nitro benzene ring substituents is 1. The molecule has 33 heavy (non-hydrogen) atoms. The number of halogens is 1. The first-order chi connectivity index (χ1) is 15.8. The molecule has 0 aliphatic carbocycles. The van der Waals surface area contributed by atoms with Gasteiger partial charge in [-0.2, -0.15) is 0 Å². The number of aryl methyl sites for hydroxylation is 1. The third-order valence-corrected chi connectivity index (χ3v) is 7.83. The maximum Gasteiger partial charge on any atom is 0.271 e. The molecule has 2 aromatic carbocycles. The van der Waals surface area contributed by atoms with Gasteiger partial charge in [-0.05, 0) is 38.4 Å². The Morgan fingerprint density at radius 1 is 1.15 bits per heavy atom. The van der Waals surface area contributed by atoms with Crippen LogP contribution in [0.5, 0.6) is 0 Å². The lowest BCUT2D eigenvalue weighted by Gasteiger charge is -2.36. The predicted molar refractivity (Wildman–Crippen MR) is 119 cm³/mol. The second kappa shape index (κ2) is 6.61. The van der Waals surface area contributed by atoms with Crippen LogP contribution >= 0.6 is 11.6 Å². The summed E-state index contributed by atoms with van der Waals surface area (Å²) < 4.78 is 0. The number of imide groups is 1. The molecular weight excluding hydrogens is 448 g/mol. The van der Waals surface area contributed by atoms with E-state index in [1.807, 2.05) is 30.0 Å². The maximum atomic E-state index is 13.9. The van der Waals surface area contributed by atoms with Gasteiger partial charge in [-0.25, -0.2) is 4.90 Å². The van der Waals surface area contributed by atoms with Gasteiger partial charge in [0, 0.05) is 29.4 Å². The van der Waals surface area contributed by atoms with E-state index < -0.39 is 34.1 Å². The summed E-state index contributed by atoms with van der Waals surface area (Å²) in [5.74, 6) is -2.79. The van der Waals surface area contributed by atoms with E-state index >= 15 is 0 Å². The zero-order valence-corrected chi connectivity index (χ0v) is 18.3. The van der Waals surface area contributed by atoms with Gasteiger partial charge < -0.3 is 5.32 Å². The van der Waals surface area contributed by atoms with Gasteiger partial charge in [-0.1, -0.05) is 29.3 Å². The van der Waals surface area contributed by atoms with Gasteiger partial charge >= 0.3 is 0 Å². The topological polar surface area (TPSA) is 113 Å². The first-order valence-electron chi connectivity index (χ1n) is 10.8. The lowest BCUT2D eigenvalue weighted by atomic mass is 9.75. The summed E-state index contributed by atoms with van der Waals surface area (Å²) >= 11 is 6.29. The highest BCUT2D eigenvalue weighted by atomic mass is 35.5. The molecule has 2 aromatic rings. The number of nitrogens with one attached hydrogen (secondary N) is 1. The smallest absolute Gasteiger partial charge is 0.271 e. The Kier molecular flexibility index (Phi) is 4.07. The molecular formula is C23H19ClN4O5. The number of nitro benzene ring substituents is 1. The zero-order chi connectivity index (χ0) is 23.2. The normalized spacial score (nSPS) is 30.1. The van der Waals surface area contributed by atoms with E-state index in [4.69, 9.17) is 11.6 Å². The number of nitro groups is 1. The number of amides is 3. The Bertz CT molecular complexity index is 1300. The van der Waals surface area contributed by atoms with Crippen molar-refractivity contribution in [1.29, 1.82) is 0 Å². The van der Waals surface area contributed by atoms with Crippen LogP contribution in [0.2, 0.25) is 5.02 Å². The number of hydrogen-bond donors (Lipinski definition) is 1. The summed E-state index contributed by atoms with van der Waals surface area (Å²) in [7, 11) is 0. The molecule has 3 fully saturated rings. The number of benzene rings is 2. The highest BCUT2D eigenvalue weighted by molar-refractivity contribution is 6.36. The first kappa shape index (κ1) is 20.3. The Morgan fingerprint density at radius 2 is 1.94 bits per heavy atom. The first-order valence-corrected chi connectivity index (χ1v) is 11.2. The third kappa shape index (κ3) is 2.38. The monoisotopic (exact) mass is 466 g/mol. The molecule has 4 aliphatic heterocycles. The molecule has 0 radical (unpaired) electrons. The number of carbonyl (C=O) groups excluding carboxylic acids is 3. The quantitative estimate of drug-likeness (QED) is 0.413. The fourth-order valence-electron chi connectivity index (χ4n) is 6.35. The molecule has 1 spiro atoms. The van der Waals surface area contributed by atoms with Crippen molar-refractivity contribution in [3.8, 4) is 0 Å². The van der Waals surface area contributed by atoms with Gasteiger partial charge in [0.15, 0.2) is 0 Å². The number of nitrogens with zero attached hydrogens (tertiary/aromatic N) is 3. The average Bonchev–Trinajstić information content (AvgIpc) is 3.47. The predicted octanol–water partition coefficient (Wildman–Crippen LogP) is 2.99. The minimum absolute atomic E-state index is 0.0599. The molecule has 3 saturated heterocycles. The Balaban J connectivity index is 1.53. The number of fused-ring (bicyclic) bond motifs is 7. The van der Waals surface area contributed by atoms with Crippen molar-refractivity contribution in [2.45, 2.75) is 31.3 Å². The van der Waals surface area contributed by atoms with E-state index in [1.165, 1.54) is 12.1 Å². The fraction of sp³-hybridized carbons (Fsp3) is 0.348. The molecule has 4 heterocycles. The van der Waals surface area contributed by atoms with E-state index in [9.17, 15) is 24.5 Å². The Labute approximate surface area is 193 Å². The van der Waals surface area contributed by atoms with E-state index in [2.05, 4.69) is 5.32 Å². The van der Waals surface area contributed by atoms with Crippen molar-refractivity contribution in [3.05, 3.63) is 62.7 Å². The second-order valence-corrected chi connectivity index (χ2v) is 9.49. The van der Waals surface area contributed by atoms with Crippen LogP contribution in [0.4, 0.5) is 17.1 Å². The molecule has 9 nitrogen and oxygen atoms in total. The van der Waals surface area contributed by atoms with Crippen molar-refractivity contribution in [2.75, 3.05) is 16.8 Å². The van der Waals surface area contributed by atoms with Crippen molar-refractivity contribution in [3.63, 3.8) is 0 Å². The van der Waals surface area contributed by atoms with Gasteiger partial charge in [0.2, 0.25) is 17.7 Å². The SMILES string of the molecule is Cc1ccc2c(c1)[C@]1(C(=O)N2)[C@@H]2C(=O)N(c3ccc([N+](=O)[O-])cc3Cl)C(=O)[C@@H]2[C@@H]2CCCN21. The van der Waals surface area contributed by atoms with Gasteiger partial charge in [-0.3, -0.25) is 29.4 Å². The highest BCUT2D eigenvalue weighted by Gasteiger charge is 2.74. The minimum Gasteiger partial charge on any atom is -0.324 e. The number of anilines is 2. The van der Waals surface area contributed by atoms with E-state index in [1.54, 1.807) is 0 Å². The van der Waals surface area contributed by atoms with Crippen molar-refractivity contribution in [1.82, 2.24) is 4.90 Å². The van der Waals surface area contributed by atoms with Crippen LogP contribution in [-0.4, -0.2) is 40.1 Å². The summed E-state index contributed by atoms with van der Waals surface area (Å²) in [5.41, 5.74) is 0.946. The molecule has 4 aliphatic rings. The van der Waals surface area contributed by atoms with E-state index in [0.29, 0.717) is 18.7 Å². The van der Waals surface area contributed by atoms with Gasteiger partial charge in [-0.15, -0.1) is 0 Å². The molecule has 0 aromatic heterocycles. The summed E-state index contributed by atoms with van der Waals surface area (Å²) in [6, 6.07) is 9.08. The Hall–Kier alpha value is -3.30. The van der Waals surface area contributed by atoms with Crippen LogP contribution in [-0.2, 0) is 19.9 Å². The van der Waals surface area contributed by atoms with Crippen LogP contribution in [0.25, 0.3) is 0 Å². The average molecular weight is 467 g/mol. The molecule has 4 atom stereocenters. The molecule has 1 N–H and O–H groups in total. The van der Waals surface area contributed by atoms with Crippen LogP contribution in [0, 0.1) is 28.9 Å². The molecule has 3 amide bonds. The van der Waals surface area contributed by atoms with Crippen molar-refractivity contribution in [2.24, 2.45) is 11.8 Å². The minimum atomic E-state index is -1.26.